The highest BCUT2D eigenvalue weighted by molar-refractivity contribution is 8.18. The van der Waals surface area contributed by atoms with Crippen LogP contribution in [0.1, 0.15) is 22.8 Å². The Kier molecular flexibility index (Phi) is 7.67. The lowest BCUT2D eigenvalue weighted by Crippen LogP contribution is -2.23. The summed E-state index contributed by atoms with van der Waals surface area (Å²) in [4.78, 5) is 42.2. The molecule has 1 aliphatic rings. The first-order chi connectivity index (χ1) is 15.4. The monoisotopic (exact) mass is 454 g/mol. The van der Waals surface area contributed by atoms with Gasteiger partial charge in [0.25, 0.3) is 5.91 Å². The third kappa shape index (κ3) is 5.76. The zero-order valence-corrected chi connectivity index (χ0v) is 18.7. The van der Waals surface area contributed by atoms with Crippen LogP contribution in [-0.2, 0) is 19.1 Å². The lowest BCUT2D eigenvalue weighted by molar-refractivity contribution is -0.142. The average Bonchev–Trinajstić information content (AvgIpc) is 3.06. The highest BCUT2D eigenvalue weighted by atomic mass is 32.2. The summed E-state index contributed by atoms with van der Waals surface area (Å²) in [6.45, 7) is 1.86. The molecule has 32 heavy (non-hydrogen) atoms. The molecule has 1 fully saturated rings. The second kappa shape index (κ2) is 10.6. The van der Waals surface area contributed by atoms with E-state index in [1.807, 2.05) is 6.07 Å². The van der Waals surface area contributed by atoms with Crippen LogP contribution in [0.25, 0.3) is 6.08 Å². The van der Waals surface area contributed by atoms with Crippen LogP contribution in [-0.4, -0.2) is 55.3 Å². The summed E-state index contributed by atoms with van der Waals surface area (Å²) < 4.78 is 14.9. The minimum absolute atomic E-state index is 0.183. The van der Waals surface area contributed by atoms with Crippen molar-refractivity contribution < 1.29 is 28.6 Å². The highest BCUT2D eigenvalue weighted by Gasteiger charge is 2.30. The number of esters is 2. The average molecular weight is 455 g/mol. The van der Waals surface area contributed by atoms with E-state index >= 15 is 0 Å². The Balaban J connectivity index is 1.75. The largest absolute Gasteiger partial charge is 0.482 e. The number of amidine groups is 1. The number of ether oxygens (including phenoxy) is 3. The summed E-state index contributed by atoms with van der Waals surface area (Å²) in [5.41, 5.74) is 1.80. The van der Waals surface area contributed by atoms with Crippen LogP contribution < -0.4 is 4.74 Å². The number of thioether (sulfide) groups is 1. The van der Waals surface area contributed by atoms with E-state index in [9.17, 15) is 14.4 Å². The summed E-state index contributed by atoms with van der Waals surface area (Å²) in [5.74, 6) is -0.563. The molecule has 0 spiro atoms. The van der Waals surface area contributed by atoms with Crippen molar-refractivity contribution in [1.29, 1.82) is 0 Å². The van der Waals surface area contributed by atoms with Crippen molar-refractivity contribution in [1.82, 2.24) is 4.90 Å². The Morgan fingerprint density at radius 3 is 2.59 bits per heavy atom. The molecule has 1 saturated heterocycles. The first-order valence-electron chi connectivity index (χ1n) is 9.74. The number of hydrogen-bond donors (Lipinski definition) is 0. The Morgan fingerprint density at radius 1 is 1.16 bits per heavy atom. The van der Waals surface area contributed by atoms with Crippen molar-refractivity contribution in [3.05, 3.63) is 64.6 Å². The number of amides is 1. The molecule has 0 atom stereocenters. The third-order valence-electron chi connectivity index (χ3n) is 4.35. The van der Waals surface area contributed by atoms with Gasteiger partial charge in [0.15, 0.2) is 11.8 Å². The molecule has 0 aromatic heterocycles. The number of nitrogens with zero attached hydrogens (tertiary/aromatic N) is 2. The van der Waals surface area contributed by atoms with Crippen LogP contribution in [0.5, 0.6) is 5.75 Å². The predicted octanol–water partition coefficient (Wildman–Crippen LogP) is 3.65. The molecule has 8 nitrogen and oxygen atoms in total. The van der Waals surface area contributed by atoms with Crippen molar-refractivity contribution in [3.8, 4) is 5.75 Å². The van der Waals surface area contributed by atoms with E-state index in [2.05, 4.69) is 9.73 Å². The maximum atomic E-state index is 12.7. The molecule has 2 aromatic rings. The SMILES string of the molecule is CCOC(=O)c1ccc(N=C2S/C(=C/c3cccc(OCC(=O)OC)c3)C(=O)N2C)cc1. The molecule has 0 N–H and O–H groups in total. The third-order valence-corrected chi connectivity index (χ3v) is 5.41. The van der Waals surface area contributed by atoms with Gasteiger partial charge in [0, 0.05) is 7.05 Å². The van der Waals surface area contributed by atoms with Crippen LogP contribution in [0, 0.1) is 0 Å². The molecule has 1 amide bonds. The summed E-state index contributed by atoms with van der Waals surface area (Å²) in [5, 5.41) is 0.517. The first-order valence-corrected chi connectivity index (χ1v) is 10.6. The molecule has 166 valence electrons. The molecule has 0 aliphatic carbocycles. The molecule has 9 heteroatoms. The smallest absolute Gasteiger partial charge is 0.343 e. The molecule has 0 bridgehead atoms. The van der Waals surface area contributed by atoms with Gasteiger partial charge in [-0.2, -0.15) is 0 Å². The zero-order valence-electron chi connectivity index (χ0n) is 17.9. The minimum atomic E-state index is -0.479. The van der Waals surface area contributed by atoms with Gasteiger partial charge in [0.05, 0.1) is 29.9 Å². The Hall–Kier alpha value is -3.59. The number of methoxy groups -OCH3 is 1. The number of likely N-dealkylation sites (N-methyl/N-ethyl adjacent to an activating group) is 1. The molecule has 0 radical (unpaired) electrons. The van der Waals surface area contributed by atoms with Gasteiger partial charge in [0.1, 0.15) is 5.75 Å². The molecule has 0 unspecified atom stereocenters. The quantitative estimate of drug-likeness (QED) is 0.466. The van der Waals surface area contributed by atoms with Crippen LogP contribution in [0.2, 0.25) is 0 Å². The molecule has 3 rings (SSSR count). The van der Waals surface area contributed by atoms with Gasteiger partial charge < -0.3 is 14.2 Å². The maximum Gasteiger partial charge on any atom is 0.343 e. The normalized spacial score (nSPS) is 15.8. The van der Waals surface area contributed by atoms with Gasteiger partial charge in [-0.3, -0.25) is 9.69 Å². The second-order valence-electron chi connectivity index (χ2n) is 6.57. The Morgan fingerprint density at radius 2 is 1.91 bits per heavy atom. The zero-order chi connectivity index (χ0) is 23.1. The number of rotatable bonds is 7. The lowest BCUT2D eigenvalue weighted by atomic mass is 10.2. The fourth-order valence-corrected chi connectivity index (χ4v) is 3.68. The maximum absolute atomic E-state index is 12.7. The van der Waals surface area contributed by atoms with E-state index < -0.39 is 11.9 Å². The van der Waals surface area contributed by atoms with Crippen LogP contribution in [0.3, 0.4) is 0 Å². The van der Waals surface area contributed by atoms with Gasteiger partial charge >= 0.3 is 11.9 Å². The van der Waals surface area contributed by atoms with E-state index in [4.69, 9.17) is 9.47 Å². The number of carbonyl (C=O) groups is 3. The van der Waals surface area contributed by atoms with E-state index in [1.54, 1.807) is 62.5 Å². The van der Waals surface area contributed by atoms with E-state index in [-0.39, 0.29) is 12.5 Å². The summed E-state index contributed by atoms with van der Waals surface area (Å²) >= 11 is 1.24. The van der Waals surface area contributed by atoms with E-state index in [0.717, 1.165) is 5.56 Å². The minimum Gasteiger partial charge on any atom is -0.482 e. The van der Waals surface area contributed by atoms with Gasteiger partial charge in [-0.15, -0.1) is 0 Å². The first kappa shape index (κ1) is 23.1. The number of aliphatic imine (C=N–C) groups is 1. The van der Waals surface area contributed by atoms with Gasteiger partial charge in [-0.05, 0) is 66.7 Å². The highest BCUT2D eigenvalue weighted by Crippen LogP contribution is 2.33. The fraction of sp³-hybridized carbons (Fsp3) is 0.217. The number of hydrogen-bond acceptors (Lipinski definition) is 8. The molecular weight excluding hydrogens is 432 g/mol. The summed E-state index contributed by atoms with van der Waals surface area (Å²) in [6, 6.07) is 13.7. The van der Waals surface area contributed by atoms with Crippen molar-refractivity contribution in [2.75, 3.05) is 27.4 Å². The Bertz CT molecular complexity index is 1080. The van der Waals surface area contributed by atoms with Crippen molar-refractivity contribution in [3.63, 3.8) is 0 Å². The topological polar surface area (TPSA) is 94.5 Å². The Labute approximate surface area is 189 Å². The summed E-state index contributed by atoms with van der Waals surface area (Å²) in [6.07, 6.45) is 1.74. The number of carbonyl (C=O) groups excluding carboxylic acids is 3. The second-order valence-corrected chi connectivity index (χ2v) is 7.58. The van der Waals surface area contributed by atoms with Crippen LogP contribution in [0.15, 0.2) is 58.4 Å². The van der Waals surface area contributed by atoms with E-state index in [1.165, 1.54) is 23.8 Å². The fourth-order valence-electron chi connectivity index (χ4n) is 2.70. The standard InChI is InChI=1S/C23H22N2O6S/c1-4-30-22(28)16-8-10-17(11-9-16)24-23-25(2)21(27)19(32-23)13-15-6-5-7-18(12-15)31-14-20(26)29-3/h5-13H,4,14H2,1-3H3/b19-13+,24-23?. The molecule has 1 aliphatic heterocycles. The van der Waals surface area contributed by atoms with Crippen LogP contribution in [0.4, 0.5) is 5.69 Å². The van der Waals surface area contributed by atoms with E-state index in [0.29, 0.717) is 33.7 Å². The number of benzene rings is 2. The van der Waals surface area contributed by atoms with Gasteiger partial charge in [-0.1, -0.05) is 12.1 Å². The van der Waals surface area contributed by atoms with Crippen LogP contribution >= 0.6 is 11.8 Å². The molecule has 2 aromatic carbocycles. The van der Waals surface area contributed by atoms with Crippen molar-refractivity contribution in [2.24, 2.45) is 4.99 Å². The van der Waals surface area contributed by atoms with Gasteiger partial charge in [0.2, 0.25) is 0 Å². The van der Waals surface area contributed by atoms with Gasteiger partial charge in [-0.25, -0.2) is 14.6 Å². The van der Waals surface area contributed by atoms with Crippen molar-refractivity contribution >= 4 is 46.5 Å². The predicted molar refractivity (Wildman–Crippen MR) is 122 cm³/mol. The molecule has 0 saturated carbocycles. The summed E-state index contributed by atoms with van der Waals surface area (Å²) in [7, 11) is 2.94. The lowest BCUT2D eigenvalue weighted by Gasteiger charge is -2.07. The van der Waals surface area contributed by atoms with Crippen molar-refractivity contribution in [2.45, 2.75) is 6.92 Å². The molecular formula is C23H22N2O6S. The molecule has 1 heterocycles.